The third-order valence-electron chi connectivity index (χ3n) is 9.32. The van der Waals surface area contributed by atoms with Gasteiger partial charge < -0.3 is 34.1 Å². The summed E-state index contributed by atoms with van der Waals surface area (Å²) >= 11 is 0. The molecule has 4 aromatic carbocycles. The maximum Gasteiger partial charge on any atom is 0.454 e. The molecule has 9 heteroatoms. The zero-order valence-corrected chi connectivity index (χ0v) is 33.2. The molecule has 54 heavy (non-hydrogen) atoms. The third-order valence-corrected chi connectivity index (χ3v) is 9.32. The van der Waals surface area contributed by atoms with Gasteiger partial charge in [0.25, 0.3) is 0 Å². The molecule has 1 aliphatic rings. The molecule has 0 bridgehead atoms. The number of aliphatic hydroxyl groups is 1. The second kappa shape index (κ2) is 15.9. The number of hydrogen-bond acceptors (Lipinski definition) is 9. The molecule has 0 radical (unpaired) electrons. The van der Waals surface area contributed by atoms with Crippen LogP contribution in [0.15, 0.2) is 91.0 Å². The lowest BCUT2D eigenvalue weighted by Crippen LogP contribution is -2.58. The van der Waals surface area contributed by atoms with E-state index in [-0.39, 0.29) is 51.9 Å². The third kappa shape index (κ3) is 10.0. The van der Waals surface area contributed by atoms with Crippen molar-refractivity contribution >= 4 is 11.9 Å². The molecule has 0 fully saturated rings. The van der Waals surface area contributed by atoms with E-state index in [2.05, 4.69) is 67.6 Å². The molecule has 0 amide bonds. The number of aliphatic hydroxyl groups excluding tert-OH is 1. The summed E-state index contributed by atoms with van der Waals surface area (Å²) in [5, 5.41) is 13.9. The Labute approximate surface area is 319 Å². The van der Waals surface area contributed by atoms with Gasteiger partial charge in [-0.05, 0) is 100 Å². The van der Waals surface area contributed by atoms with Crippen LogP contribution in [0.1, 0.15) is 91.5 Å². The molecule has 1 aliphatic heterocycles. The van der Waals surface area contributed by atoms with Crippen molar-refractivity contribution in [2.24, 2.45) is 0 Å². The van der Waals surface area contributed by atoms with E-state index in [1.165, 1.54) is 5.56 Å². The normalized spacial score (nSPS) is 14.9. The fourth-order valence-corrected chi connectivity index (χ4v) is 5.88. The van der Waals surface area contributed by atoms with Gasteiger partial charge in [0.15, 0.2) is 11.5 Å². The second-order valence-corrected chi connectivity index (χ2v) is 17.2. The standard InChI is InChI=1S/C45H55NO8/c1-29(46-27-34(47)28-50-35-18-12-31(13-19-35)42(2,3)4)25-30-11-24-38-39(26-30)54-45(53-38,40(48)51-36-20-14-32(15-21-36)43(5,6)7)41(49)52-37-22-16-33(17-23-37)44(8,9)10/h11-24,26,29,34,46-47H,25,27-28H2,1-10H3. The first-order chi connectivity index (χ1) is 25.2. The summed E-state index contributed by atoms with van der Waals surface area (Å²) in [4.78, 5) is 27.8. The average Bonchev–Trinajstić information content (AvgIpc) is 3.50. The molecule has 0 aromatic heterocycles. The second-order valence-electron chi connectivity index (χ2n) is 17.2. The number of fused-ring (bicyclic) bond motifs is 1. The van der Waals surface area contributed by atoms with E-state index in [0.717, 1.165) is 16.7 Å². The number of hydrogen-bond donors (Lipinski definition) is 2. The summed E-state index contributed by atoms with van der Waals surface area (Å²) in [5.74, 6) is -3.14. The van der Waals surface area contributed by atoms with E-state index in [9.17, 15) is 14.7 Å². The Morgan fingerprint density at radius 3 is 1.52 bits per heavy atom. The van der Waals surface area contributed by atoms with Crippen molar-refractivity contribution in [1.82, 2.24) is 5.32 Å². The predicted octanol–water partition coefficient (Wildman–Crippen LogP) is 8.22. The predicted molar refractivity (Wildman–Crippen MR) is 210 cm³/mol. The molecule has 9 nitrogen and oxygen atoms in total. The molecule has 2 N–H and O–H groups in total. The fourth-order valence-electron chi connectivity index (χ4n) is 5.88. The topological polar surface area (TPSA) is 113 Å². The van der Waals surface area contributed by atoms with Gasteiger partial charge in [-0.2, -0.15) is 0 Å². The van der Waals surface area contributed by atoms with E-state index in [0.29, 0.717) is 18.7 Å². The summed E-state index contributed by atoms with van der Waals surface area (Å²) in [6, 6.07) is 27.3. The Hall–Kier alpha value is -4.86. The van der Waals surface area contributed by atoms with Crippen LogP contribution in [-0.4, -0.2) is 48.1 Å². The lowest BCUT2D eigenvalue weighted by Gasteiger charge is -2.24. The van der Waals surface area contributed by atoms with E-state index in [1.807, 2.05) is 61.5 Å². The number of ether oxygens (including phenoxy) is 5. The van der Waals surface area contributed by atoms with Crippen molar-refractivity contribution in [3.63, 3.8) is 0 Å². The first kappa shape index (κ1) is 40.3. The molecule has 288 valence electrons. The monoisotopic (exact) mass is 737 g/mol. The average molecular weight is 738 g/mol. The van der Waals surface area contributed by atoms with Crippen LogP contribution in [0.4, 0.5) is 0 Å². The van der Waals surface area contributed by atoms with Crippen LogP contribution in [0.25, 0.3) is 0 Å². The molecule has 0 saturated heterocycles. The zero-order chi connectivity index (χ0) is 39.5. The summed E-state index contributed by atoms with van der Waals surface area (Å²) < 4.78 is 29.3. The largest absolute Gasteiger partial charge is 0.491 e. The van der Waals surface area contributed by atoms with Crippen LogP contribution in [0.2, 0.25) is 0 Å². The molecule has 1 heterocycles. The van der Waals surface area contributed by atoms with Crippen molar-refractivity contribution in [3.05, 3.63) is 113 Å². The fraction of sp³-hybridized carbons (Fsp3) is 0.422. The summed E-state index contributed by atoms with van der Waals surface area (Å²) in [6.07, 6.45) is -0.167. The molecule has 4 aromatic rings. The lowest BCUT2D eigenvalue weighted by molar-refractivity contribution is -0.190. The van der Waals surface area contributed by atoms with Crippen LogP contribution < -0.4 is 29.0 Å². The van der Waals surface area contributed by atoms with Crippen LogP contribution in [0, 0.1) is 0 Å². The molecule has 0 saturated carbocycles. The smallest absolute Gasteiger partial charge is 0.454 e. The van der Waals surface area contributed by atoms with Gasteiger partial charge in [-0.3, -0.25) is 0 Å². The van der Waals surface area contributed by atoms with Crippen molar-refractivity contribution in [2.45, 2.75) is 110 Å². The molecule has 0 spiro atoms. The van der Waals surface area contributed by atoms with Crippen LogP contribution in [0.3, 0.4) is 0 Å². The minimum Gasteiger partial charge on any atom is -0.491 e. The lowest BCUT2D eigenvalue weighted by atomic mass is 9.87. The maximum atomic E-state index is 13.9. The van der Waals surface area contributed by atoms with Crippen LogP contribution >= 0.6 is 0 Å². The Kier molecular flexibility index (Phi) is 11.8. The number of esters is 2. The highest BCUT2D eigenvalue weighted by atomic mass is 16.8. The Bertz CT molecular complexity index is 1820. The van der Waals surface area contributed by atoms with E-state index in [4.69, 9.17) is 23.7 Å². The number of rotatable bonds is 12. The first-order valence-corrected chi connectivity index (χ1v) is 18.5. The molecule has 2 unspecified atom stereocenters. The highest BCUT2D eigenvalue weighted by molar-refractivity contribution is 6.05. The SMILES string of the molecule is CC(Cc1ccc2c(c1)OC(C(=O)Oc1ccc(C(C)(C)C)cc1)(C(=O)Oc1ccc(C(C)(C)C)cc1)O2)NCC(O)COc1ccc(C(C)(C)C)cc1. The highest BCUT2D eigenvalue weighted by Crippen LogP contribution is 2.42. The summed E-state index contributed by atoms with van der Waals surface area (Å²) in [5.41, 5.74) is 4.02. The van der Waals surface area contributed by atoms with E-state index < -0.39 is 23.8 Å². The van der Waals surface area contributed by atoms with E-state index in [1.54, 1.807) is 36.4 Å². The van der Waals surface area contributed by atoms with Gasteiger partial charge >= 0.3 is 17.7 Å². The molecular weight excluding hydrogens is 682 g/mol. The summed E-state index contributed by atoms with van der Waals surface area (Å²) in [7, 11) is 0. The van der Waals surface area contributed by atoms with Crippen molar-refractivity contribution in [1.29, 1.82) is 0 Å². The van der Waals surface area contributed by atoms with Gasteiger partial charge in [0.05, 0.1) is 0 Å². The minimum atomic E-state index is -2.55. The van der Waals surface area contributed by atoms with Crippen LogP contribution in [-0.2, 0) is 32.3 Å². The first-order valence-electron chi connectivity index (χ1n) is 18.5. The molecule has 5 rings (SSSR count). The molecule has 0 aliphatic carbocycles. The number of nitrogens with one attached hydrogen (secondary N) is 1. The highest BCUT2D eigenvalue weighted by Gasteiger charge is 2.60. The van der Waals surface area contributed by atoms with Crippen molar-refractivity contribution < 1.29 is 38.4 Å². The zero-order valence-electron chi connectivity index (χ0n) is 33.2. The summed E-state index contributed by atoms with van der Waals surface area (Å²) in [6.45, 7) is 21.5. The van der Waals surface area contributed by atoms with Gasteiger partial charge in [0.2, 0.25) is 0 Å². The van der Waals surface area contributed by atoms with Gasteiger partial charge in [0, 0.05) is 12.6 Å². The molecule has 2 atom stereocenters. The van der Waals surface area contributed by atoms with Crippen LogP contribution in [0.5, 0.6) is 28.7 Å². The number of carbonyl (C=O) groups is 2. The van der Waals surface area contributed by atoms with Gasteiger partial charge in [-0.1, -0.05) is 105 Å². The maximum absolute atomic E-state index is 13.9. The van der Waals surface area contributed by atoms with Gasteiger partial charge in [-0.25, -0.2) is 9.59 Å². The van der Waals surface area contributed by atoms with Gasteiger partial charge in [-0.15, -0.1) is 0 Å². The Morgan fingerprint density at radius 2 is 1.07 bits per heavy atom. The Balaban J connectivity index is 1.25. The van der Waals surface area contributed by atoms with Gasteiger partial charge in [0.1, 0.15) is 30.0 Å². The molecular formula is C45H55NO8. The number of carbonyl (C=O) groups excluding carboxylic acids is 2. The van der Waals surface area contributed by atoms with Crippen molar-refractivity contribution in [2.75, 3.05) is 13.2 Å². The quantitative estimate of drug-likeness (QED) is 0.0844. The van der Waals surface area contributed by atoms with E-state index >= 15 is 0 Å². The minimum absolute atomic E-state index is 0.0436. The Morgan fingerprint density at radius 1 is 0.648 bits per heavy atom. The van der Waals surface area contributed by atoms with Crippen molar-refractivity contribution in [3.8, 4) is 28.7 Å². The number of benzene rings is 4.